The minimum Gasteiger partial charge on any atom is -0.379 e. The van der Waals surface area contributed by atoms with E-state index in [4.69, 9.17) is 0 Å². The third kappa shape index (κ3) is 1.59. The number of hydrogen-bond acceptors (Lipinski definition) is 1. The van der Waals surface area contributed by atoms with Gasteiger partial charge in [-0.15, -0.1) is 0 Å². The first-order chi connectivity index (χ1) is 6.47. The highest BCUT2D eigenvalue weighted by molar-refractivity contribution is 5.57. The molecule has 0 aliphatic carbocycles. The largest absolute Gasteiger partial charge is 0.379 e. The van der Waals surface area contributed by atoms with Gasteiger partial charge in [-0.2, -0.15) is 0 Å². The quantitative estimate of drug-likeness (QED) is 0.729. The van der Waals surface area contributed by atoms with Crippen LogP contribution in [0.1, 0.15) is 19.4 Å². The van der Waals surface area contributed by atoms with E-state index in [9.17, 15) is 8.78 Å². The smallest absolute Gasteiger partial charge is 0.125 e. The molecule has 0 spiro atoms. The van der Waals surface area contributed by atoms with Crippen LogP contribution in [0.15, 0.2) is 18.2 Å². The molecule has 0 radical (unpaired) electrons. The molecule has 1 aliphatic heterocycles. The lowest BCUT2D eigenvalue weighted by Crippen LogP contribution is -2.36. The molecule has 2 rings (SSSR count). The molecule has 0 saturated heterocycles. The third-order valence-corrected chi connectivity index (χ3v) is 2.65. The van der Waals surface area contributed by atoms with E-state index in [1.54, 1.807) is 6.07 Å². The van der Waals surface area contributed by atoms with Crippen molar-refractivity contribution >= 4 is 5.69 Å². The van der Waals surface area contributed by atoms with Gasteiger partial charge in [0, 0.05) is 5.69 Å². The van der Waals surface area contributed by atoms with Crippen molar-refractivity contribution in [2.24, 2.45) is 0 Å². The number of fused-ring (bicyclic) bond motifs is 1. The summed E-state index contributed by atoms with van der Waals surface area (Å²) in [7, 11) is 0. The molecular weight excluding hydrogens is 184 g/mol. The lowest BCUT2D eigenvalue weighted by molar-refractivity contribution is 0.187. The van der Waals surface area contributed by atoms with Crippen molar-refractivity contribution in [1.29, 1.82) is 0 Å². The van der Waals surface area contributed by atoms with E-state index >= 15 is 0 Å². The average Bonchev–Trinajstić information content (AvgIpc) is 2.45. The van der Waals surface area contributed by atoms with Gasteiger partial charge >= 0.3 is 0 Å². The molecule has 0 amide bonds. The fraction of sp³-hybridized carbons (Fsp3) is 0.455. The van der Waals surface area contributed by atoms with Crippen LogP contribution in [-0.4, -0.2) is 11.7 Å². The summed E-state index contributed by atoms with van der Waals surface area (Å²) in [6.45, 7) is 3.07. The van der Waals surface area contributed by atoms with Gasteiger partial charge in [0.15, 0.2) is 0 Å². The van der Waals surface area contributed by atoms with Crippen LogP contribution in [0.3, 0.4) is 0 Å². The number of hydrogen-bond donors (Lipinski definition) is 1. The Morgan fingerprint density at radius 1 is 1.43 bits per heavy atom. The van der Waals surface area contributed by atoms with Gasteiger partial charge in [0.05, 0.1) is 6.04 Å². The van der Waals surface area contributed by atoms with Crippen molar-refractivity contribution in [3.05, 3.63) is 29.6 Å². The van der Waals surface area contributed by atoms with Gasteiger partial charge in [0.1, 0.15) is 11.5 Å². The van der Waals surface area contributed by atoms with Crippen molar-refractivity contribution in [3.8, 4) is 0 Å². The van der Waals surface area contributed by atoms with Crippen molar-refractivity contribution in [2.75, 3.05) is 5.32 Å². The first kappa shape index (κ1) is 9.44. The zero-order chi connectivity index (χ0) is 10.3. The zero-order valence-corrected chi connectivity index (χ0v) is 8.27. The van der Waals surface area contributed by atoms with Crippen LogP contribution in [0.5, 0.6) is 0 Å². The molecule has 3 heteroatoms. The Bertz CT molecular complexity index is 355. The number of rotatable bonds is 1. The summed E-state index contributed by atoms with van der Waals surface area (Å²) in [6.07, 6.45) is 0.552. The standard InChI is InChI=1S/C11H13F2N/c1-11(2,13)10-6-7-5-8(12)3-4-9(7)14-10/h3-5,10,14H,6H2,1-2H3. The molecule has 14 heavy (non-hydrogen) atoms. The topological polar surface area (TPSA) is 12.0 Å². The van der Waals surface area contributed by atoms with Crippen LogP contribution in [0.25, 0.3) is 0 Å². The van der Waals surface area contributed by atoms with Gasteiger partial charge in [0.2, 0.25) is 0 Å². The Morgan fingerprint density at radius 2 is 2.14 bits per heavy atom. The second-order valence-corrected chi connectivity index (χ2v) is 4.27. The fourth-order valence-corrected chi connectivity index (χ4v) is 1.74. The number of alkyl halides is 1. The second-order valence-electron chi connectivity index (χ2n) is 4.27. The molecule has 1 nitrogen and oxygen atoms in total. The molecule has 0 saturated carbocycles. The minimum absolute atomic E-state index is 0.251. The number of nitrogens with one attached hydrogen (secondary N) is 1. The number of benzene rings is 1. The summed E-state index contributed by atoms with van der Waals surface area (Å²) in [5.41, 5.74) is 0.429. The maximum atomic E-state index is 13.6. The summed E-state index contributed by atoms with van der Waals surface area (Å²) in [5, 5.41) is 3.06. The van der Waals surface area contributed by atoms with Gasteiger partial charge in [0.25, 0.3) is 0 Å². The molecule has 1 unspecified atom stereocenters. The van der Waals surface area contributed by atoms with Gasteiger partial charge < -0.3 is 5.32 Å². The van der Waals surface area contributed by atoms with E-state index in [0.29, 0.717) is 6.42 Å². The van der Waals surface area contributed by atoms with Gasteiger partial charge in [-0.3, -0.25) is 0 Å². The van der Waals surface area contributed by atoms with Crippen LogP contribution in [0, 0.1) is 5.82 Å². The molecule has 76 valence electrons. The van der Waals surface area contributed by atoms with Crippen molar-refractivity contribution in [3.63, 3.8) is 0 Å². The highest BCUT2D eigenvalue weighted by atomic mass is 19.1. The predicted octanol–water partition coefficient (Wildman–Crippen LogP) is 2.91. The van der Waals surface area contributed by atoms with Crippen molar-refractivity contribution in [1.82, 2.24) is 0 Å². The van der Waals surface area contributed by atoms with Crippen LogP contribution in [0.4, 0.5) is 14.5 Å². The Hall–Kier alpha value is -1.12. The van der Waals surface area contributed by atoms with Crippen molar-refractivity contribution in [2.45, 2.75) is 32.0 Å². The lowest BCUT2D eigenvalue weighted by atomic mass is 9.98. The van der Waals surface area contributed by atoms with E-state index in [1.165, 1.54) is 26.0 Å². The highest BCUT2D eigenvalue weighted by Crippen LogP contribution is 2.32. The SMILES string of the molecule is CC(C)(F)C1Cc2cc(F)ccc2N1. The molecule has 1 N–H and O–H groups in total. The monoisotopic (exact) mass is 197 g/mol. The van der Waals surface area contributed by atoms with Crippen LogP contribution >= 0.6 is 0 Å². The highest BCUT2D eigenvalue weighted by Gasteiger charge is 2.34. The van der Waals surface area contributed by atoms with Crippen LogP contribution in [-0.2, 0) is 6.42 Å². The Kier molecular flexibility index (Phi) is 1.98. The Morgan fingerprint density at radius 3 is 2.79 bits per heavy atom. The third-order valence-electron chi connectivity index (χ3n) is 2.65. The lowest BCUT2D eigenvalue weighted by Gasteiger charge is -2.22. The Labute approximate surface area is 82.1 Å². The predicted molar refractivity (Wildman–Crippen MR) is 52.7 cm³/mol. The van der Waals surface area contributed by atoms with Gasteiger partial charge in [-0.05, 0) is 44.0 Å². The fourth-order valence-electron chi connectivity index (χ4n) is 1.74. The average molecular weight is 197 g/mol. The molecular formula is C11H13F2N. The summed E-state index contributed by atoms with van der Waals surface area (Å²) < 4.78 is 26.5. The van der Waals surface area contributed by atoms with Crippen molar-refractivity contribution < 1.29 is 8.78 Å². The van der Waals surface area contributed by atoms with E-state index in [2.05, 4.69) is 5.32 Å². The summed E-state index contributed by atoms with van der Waals surface area (Å²) >= 11 is 0. The first-order valence-corrected chi connectivity index (χ1v) is 4.71. The van der Waals surface area contributed by atoms with Gasteiger partial charge in [-0.1, -0.05) is 0 Å². The molecule has 0 aromatic heterocycles. The number of anilines is 1. The zero-order valence-electron chi connectivity index (χ0n) is 8.27. The summed E-state index contributed by atoms with van der Waals surface area (Å²) in [4.78, 5) is 0. The summed E-state index contributed by atoms with van der Waals surface area (Å²) in [6, 6.07) is 4.27. The first-order valence-electron chi connectivity index (χ1n) is 4.71. The molecule has 1 atom stereocenters. The minimum atomic E-state index is -1.28. The number of halogens is 2. The van der Waals surface area contributed by atoms with Crippen LogP contribution in [0.2, 0.25) is 0 Å². The molecule has 1 aromatic carbocycles. The van der Waals surface area contributed by atoms with E-state index in [-0.39, 0.29) is 11.9 Å². The Balaban J connectivity index is 2.26. The normalized spacial score (nSPS) is 20.4. The van der Waals surface area contributed by atoms with Gasteiger partial charge in [-0.25, -0.2) is 8.78 Å². The molecule has 1 heterocycles. The molecule has 1 aromatic rings. The molecule has 0 bridgehead atoms. The molecule has 1 aliphatic rings. The van der Waals surface area contributed by atoms with E-state index < -0.39 is 5.67 Å². The maximum Gasteiger partial charge on any atom is 0.125 e. The van der Waals surface area contributed by atoms with E-state index in [1.807, 2.05) is 0 Å². The molecule has 0 fully saturated rings. The summed E-state index contributed by atoms with van der Waals surface area (Å²) in [5.74, 6) is -0.261. The maximum absolute atomic E-state index is 13.6. The second kappa shape index (κ2) is 2.94. The van der Waals surface area contributed by atoms with Crippen LogP contribution < -0.4 is 5.32 Å². The van der Waals surface area contributed by atoms with E-state index in [0.717, 1.165) is 11.3 Å².